The lowest BCUT2D eigenvalue weighted by Gasteiger charge is -2.11. The van der Waals surface area contributed by atoms with Gasteiger partial charge in [0.2, 0.25) is 5.91 Å². The van der Waals surface area contributed by atoms with Crippen molar-refractivity contribution in [2.45, 2.75) is 32.3 Å². The Bertz CT molecular complexity index is 1190. The van der Waals surface area contributed by atoms with Crippen LogP contribution in [0.3, 0.4) is 0 Å². The molecule has 0 atom stereocenters. The lowest BCUT2D eigenvalue weighted by atomic mass is 10.1. The Kier molecular flexibility index (Phi) is 6.42. The van der Waals surface area contributed by atoms with Crippen molar-refractivity contribution in [2.75, 3.05) is 12.3 Å². The van der Waals surface area contributed by atoms with Gasteiger partial charge in [-0.3, -0.25) is 9.36 Å². The molecule has 0 unspecified atom stereocenters. The van der Waals surface area contributed by atoms with Gasteiger partial charge in [0.1, 0.15) is 0 Å². The van der Waals surface area contributed by atoms with Crippen LogP contribution in [-0.2, 0) is 4.79 Å². The van der Waals surface area contributed by atoms with Crippen molar-refractivity contribution in [2.24, 2.45) is 5.92 Å². The van der Waals surface area contributed by atoms with E-state index in [0.29, 0.717) is 23.4 Å². The minimum Gasteiger partial charge on any atom is -0.360 e. The Balaban J connectivity index is 1.66. The number of amides is 1. The molecule has 6 nitrogen and oxygen atoms in total. The molecule has 2 aromatic heterocycles. The number of benzene rings is 2. The summed E-state index contributed by atoms with van der Waals surface area (Å²) in [6.45, 7) is 7.06. The van der Waals surface area contributed by atoms with Gasteiger partial charge in [0.25, 0.3) is 0 Å². The smallest absolute Gasteiger partial charge is 0.230 e. The molecule has 31 heavy (non-hydrogen) atoms. The molecule has 2 aromatic carbocycles. The number of aromatic amines is 1. The van der Waals surface area contributed by atoms with Crippen molar-refractivity contribution >= 4 is 28.6 Å². The second-order valence-corrected chi connectivity index (χ2v) is 8.99. The Hall–Kier alpha value is -3.06. The Morgan fingerprint density at radius 3 is 2.81 bits per heavy atom. The average Bonchev–Trinajstić information content (AvgIpc) is 3.36. The number of aromatic nitrogens is 4. The van der Waals surface area contributed by atoms with Gasteiger partial charge < -0.3 is 10.3 Å². The third-order valence-corrected chi connectivity index (χ3v) is 6.03. The summed E-state index contributed by atoms with van der Waals surface area (Å²) < 4.78 is 2.04. The van der Waals surface area contributed by atoms with E-state index in [9.17, 15) is 4.79 Å². The number of rotatable bonds is 8. The van der Waals surface area contributed by atoms with E-state index in [-0.39, 0.29) is 5.91 Å². The quantitative estimate of drug-likeness (QED) is 0.384. The number of nitrogens with zero attached hydrogens (tertiary/aromatic N) is 3. The van der Waals surface area contributed by atoms with Gasteiger partial charge in [-0.2, -0.15) is 0 Å². The highest BCUT2D eigenvalue weighted by atomic mass is 32.2. The number of H-pyrrole nitrogens is 1. The summed E-state index contributed by atoms with van der Waals surface area (Å²) in [5, 5.41) is 13.7. The molecule has 0 aliphatic rings. The zero-order valence-electron chi connectivity index (χ0n) is 18.1. The first-order chi connectivity index (χ1) is 15.0. The van der Waals surface area contributed by atoms with Crippen molar-refractivity contribution in [1.29, 1.82) is 0 Å². The molecule has 4 aromatic rings. The summed E-state index contributed by atoms with van der Waals surface area (Å²) in [5.41, 5.74) is 4.17. The Morgan fingerprint density at radius 1 is 1.16 bits per heavy atom. The van der Waals surface area contributed by atoms with Crippen LogP contribution in [0.4, 0.5) is 0 Å². The first kappa shape index (κ1) is 21.2. The molecule has 0 saturated carbocycles. The van der Waals surface area contributed by atoms with Crippen LogP contribution in [0.1, 0.15) is 25.8 Å². The van der Waals surface area contributed by atoms with E-state index in [1.54, 1.807) is 0 Å². The molecule has 0 spiro atoms. The van der Waals surface area contributed by atoms with Crippen LogP contribution in [0.2, 0.25) is 0 Å². The van der Waals surface area contributed by atoms with E-state index in [1.807, 2.05) is 41.1 Å². The fourth-order valence-corrected chi connectivity index (χ4v) is 4.26. The fraction of sp³-hybridized carbons (Fsp3) is 0.292. The fourth-order valence-electron chi connectivity index (χ4n) is 3.48. The number of para-hydroxylation sites is 1. The summed E-state index contributed by atoms with van der Waals surface area (Å²) in [7, 11) is 0. The Labute approximate surface area is 186 Å². The number of nitrogens with one attached hydrogen (secondary N) is 2. The predicted molar refractivity (Wildman–Crippen MR) is 127 cm³/mol. The van der Waals surface area contributed by atoms with Crippen molar-refractivity contribution in [1.82, 2.24) is 25.1 Å². The minimum atomic E-state index is 0.0121. The van der Waals surface area contributed by atoms with E-state index in [1.165, 1.54) is 11.8 Å². The summed E-state index contributed by atoms with van der Waals surface area (Å²) >= 11 is 1.41. The van der Waals surface area contributed by atoms with Crippen molar-refractivity contribution in [3.8, 4) is 17.1 Å². The van der Waals surface area contributed by atoms with Crippen LogP contribution >= 0.6 is 11.8 Å². The Morgan fingerprint density at radius 2 is 2.00 bits per heavy atom. The lowest BCUT2D eigenvalue weighted by molar-refractivity contribution is -0.118. The number of carbonyl (C=O) groups excluding carboxylic acids is 1. The molecule has 0 bridgehead atoms. The third kappa shape index (κ3) is 4.82. The van der Waals surface area contributed by atoms with Gasteiger partial charge in [-0.05, 0) is 43.0 Å². The monoisotopic (exact) mass is 433 g/mol. The SMILES string of the molecule is Cc1cccc(-n2c(SCC(=O)NCCC(C)C)nnc2-c2c[nH]c3ccccc23)c1. The van der Waals surface area contributed by atoms with E-state index in [4.69, 9.17) is 0 Å². The molecule has 1 amide bonds. The number of hydrogen-bond acceptors (Lipinski definition) is 4. The van der Waals surface area contributed by atoms with Gasteiger partial charge >= 0.3 is 0 Å². The van der Waals surface area contributed by atoms with E-state index >= 15 is 0 Å². The highest BCUT2D eigenvalue weighted by molar-refractivity contribution is 7.99. The maximum Gasteiger partial charge on any atom is 0.230 e. The van der Waals surface area contributed by atoms with Gasteiger partial charge in [0, 0.05) is 34.9 Å². The number of fused-ring (bicyclic) bond motifs is 1. The summed E-state index contributed by atoms with van der Waals surface area (Å²) in [5.74, 6) is 1.63. The molecule has 160 valence electrons. The zero-order chi connectivity index (χ0) is 21.8. The predicted octanol–water partition coefficient (Wildman–Crippen LogP) is 4.98. The van der Waals surface area contributed by atoms with Crippen LogP contribution < -0.4 is 5.32 Å². The summed E-state index contributed by atoms with van der Waals surface area (Å²) in [4.78, 5) is 15.6. The van der Waals surface area contributed by atoms with E-state index < -0.39 is 0 Å². The second kappa shape index (κ2) is 9.39. The van der Waals surface area contributed by atoms with E-state index in [0.717, 1.165) is 40.0 Å². The average molecular weight is 434 g/mol. The highest BCUT2D eigenvalue weighted by Gasteiger charge is 2.19. The van der Waals surface area contributed by atoms with Gasteiger partial charge in [-0.1, -0.05) is 55.9 Å². The van der Waals surface area contributed by atoms with Crippen molar-refractivity contribution in [3.63, 3.8) is 0 Å². The summed E-state index contributed by atoms with van der Waals surface area (Å²) in [6.07, 6.45) is 2.94. The first-order valence-electron chi connectivity index (χ1n) is 10.5. The molecular weight excluding hydrogens is 406 g/mol. The molecule has 4 rings (SSSR count). The van der Waals surface area contributed by atoms with Gasteiger partial charge in [0.05, 0.1) is 5.75 Å². The molecule has 0 fully saturated rings. The molecule has 0 radical (unpaired) electrons. The van der Waals surface area contributed by atoms with Gasteiger partial charge in [0.15, 0.2) is 11.0 Å². The summed E-state index contributed by atoms with van der Waals surface area (Å²) in [6, 6.07) is 16.4. The van der Waals surface area contributed by atoms with Gasteiger partial charge in [-0.15, -0.1) is 10.2 Å². The van der Waals surface area contributed by atoms with Crippen LogP contribution in [0.25, 0.3) is 28.0 Å². The number of carbonyl (C=O) groups is 1. The highest BCUT2D eigenvalue weighted by Crippen LogP contribution is 2.32. The lowest BCUT2D eigenvalue weighted by Crippen LogP contribution is -2.27. The maximum absolute atomic E-state index is 12.3. The molecule has 2 N–H and O–H groups in total. The second-order valence-electron chi connectivity index (χ2n) is 8.05. The normalized spacial score (nSPS) is 11.4. The standard InChI is InChI=1S/C24H27N5OS/c1-16(2)11-12-25-22(30)15-31-24-28-27-23(29(24)18-8-6-7-17(3)13-18)20-14-26-21-10-5-4-9-19(20)21/h4-10,13-14,16,26H,11-12,15H2,1-3H3,(H,25,30). The van der Waals surface area contributed by atoms with Crippen LogP contribution in [-0.4, -0.2) is 38.0 Å². The zero-order valence-corrected chi connectivity index (χ0v) is 18.9. The maximum atomic E-state index is 12.3. The number of aryl methyl sites for hydroxylation is 1. The molecule has 7 heteroatoms. The molecule has 0 saturated heterocycles. The van der Waals surface area contributed by atoms with E-state index in [2.05, 4.69) is 59.5 Å². The number of hydrogen-bond donors (Lipinski definition) is 2. The van der Waals surface area contributed by atoms with Crippen LogP contribution in [0, 0.1) is 12.8 Å². The molecule has 0 aliphatic heterocycles. The molecule has 0 aliphatic carbocycles. The minimum absolute atomic E-state index is 0.0121. The first-order valence-corrected chi connectivity index (χ1v) is 11.5. The van der Waals surface area contributed by atoms with Crippen LogP contribution in [0.5, 0.6) is 0 Å². The molecular formula is C24H27N5OS. The third-order valence-electron chi connectivity index (χ3n) is 5.10. The molecule has 2 heterocycles. The van der Waals surface area contributed by atoms with Crippen molar-refractivity contribution < 1.29 is 4.79 Å². The topological polar surface area (TPSA) is 75.6 Å². The van der Waals surface area contributed by atoms with Crippen LogP contribution in [0.15, 0.2) is 59.9 Å². The number of thioether (sulfide) groups is 1. The van der Waals surface area contributed by atoms with Gasteiger partial charge in [-0.25, -0.2) is 0 Å². The van der Waals surface area contributed by atoms with Crippen molar-refractivity contribution in [3.05, 3.63) is 60.3 Å². The largest absolute Gasteiger partial charge is 0.360 e.